The largest absolute Gasteiger partial charge is 0.394 e. The first-order chi connectivity index (χ1) is 6.51. The molecule has 0 unspecified atom stereocenters. The Morgan fingerprint density at radius 1 is 1.43 bits per heavy atom. The highest BCUT2D eigenvalue weighted by molar-refractivity contribution is 5.29. The predicted molar refractivity (Wildman–Crippen MR) is 50.9 cm³/mol. The molecule has 1 aromatic rings. The molecule has 3 nitrogen and oxygen atoms in total. The quantitative estimate of drug-likeness (QED) is 0.663. The Bertz CT molecular complexity index is 326. The molecule has 0 saturated carbocycles. The normalized spacial score (nSPS) is 15.2. The van der Waals surface area contributed by atoms with Gasteiger partial charge in [-0.25, -0.2) is 4.39 Å². The van der Waals surface area contributed by atoms with Gasteiger partial charge in [-0.3, -0.25) is 0 Å². The summed E-state index contributed by atoms with van der Waals surface area (Å²) in [5.41, 5.74) is 5.64. The van der Waals surface area contributed by atoms with Gasteiger partial charge in [-0.1, -0.05) is 6.07 Å². The van der Waals surface area contributed by atoms with Gasteiger partial charge in [0.25, 0.3) is 0 Å². The van der Waals surface area contributed by atoms with Crippen LogP contribution in [0.15, 0.2) is 18.2 Å². The van der Waals surface area contributed by atoms with Gasteiger partial charge in [0, 0.05) is 5.56 Å². The molecule has 0 spiro atoms. The van der Waals surface area contributed by atoms with Crippen LogP contribution in [0.4, 0.5) is 4.39 Å². The average molecular weight is 199 g/mol. The van der Waals surface area contributed by atoms with Gasteiger partial charge >= 0.3 is 0 Å². The molecule has 0 aliphatic carbocycles. The second-order valence-electron chi connectivity index (χ2n) is 3.54. The molecule has 1 rings (SSSR count). The molecule has 14 heavy (non-hydrogen) atoms. The maximum absolute atomic E-state index is 13.0. The number of nitrogens with two attached hydrogens (primary N) is 1. The second-order valence-corrected chi connectivity index (χ2v) is 3.54. The minimum absolute atomic E-state index is 0.188. The van der Waals surface area contributed by atoms with Crippen molar-refractivity contribution in [3.63, 3.8) is 0 Å². The van der Waals surface area contributed by atoms with E-state index < -0.39 is 11.4 Å². The summed E-state index contributed by atoms with van der Waals surface area (Å²) in [7, 11) is 0. The number of rotatable bonds is 3. The topological polar surface area (TPSA) is 66.5 Å². The molecule has 0 radical (unpaired) electrons. The fourth-order valence-electron chi connectivity index (χ4n) is 1.14. The van der Waals surface area contributed by atoms with Crippen molar-refractivity contribution in [3.05, 3.63) is 35.1 Å². The lowest BCUT2D eigenvalue weighted by molar-refractivity contribution is 0.209. The van der Waals surface area contributed by atoms with E-state index in [1.807, 2.05) is 0 Å². The molecular formula is C10H14FNO2. The Balaban J connectivity index is 3.12. The fraction of sp³-hybridized carbons (Fsp3) is 0.400. The Morgan fingerprint density at radius 3 is 2.57 bits per heavy atom. The lowest BCUT2D eigenvalue weighted by atomic mass is 9.93. The van der Waals surface area contributed by atoms with Gasteiger partial charge in [-0.15, -0.1) is 0 Å². The molecule has 0 fully saturated rings. The molecule has 0 saturated heterocycles. The van der Waals surface area contributed by atoms with Crippen LogP contribution in [0.1, 0.15) is 18.1 Å². The summed E-state index contributed by atoms with van der Waals surface area (Å²) in [6.45, 7) is 1.03. The number of hydrogen-bond acceptors (Lipinski definition) is 3. The van der Waals surface area contributed by atoms with E-state index >= 15 is 0 Å². The molecular weight excluding hydrogens is 185 g/mol. The summed E-state index contributed by atoms with van der Waals surface area (Å²) >= 11 is 0. The van der Waals surface area contributed by atoms with E-state index in [9.17, 15) is 4.39 Å². The Kier molecular flexibility index (Phi) is 3.21. The van der Waals surface area contributed by atoms with Gasteiger partial charge in [-0.05, 0) is 24.6 Å². The zero-order valence-electron chi connectivity index (χ0n) is 8.00. The molecule has 4 N–H and O–H groups in total. The third kappa shape index (κ3) is 2.09. The van der Waals surface area contributed by atoms with Crippen molar-refractivity contribution in [1.82, 2.24) is 0 Å². The van der Waals surface area contributed by atoms with Crippen molar-refractivity contribution in [2.45, 2.75) is 19.1 Å². The minimum Gasteiger partial charge on any atom is -0.394 e. The van der Waals surface area contributed by atoms with E-state index in [0.717, 1.165) is 0 Å². The molecule has 0 aliphatic heterocycles. The first kappa shape index (κ1) is 11.1. The Hall–Kier alpha value is -0.970. The van der Waals surface area contributed by atoms with Gasteiger partial charge in [0.05, 0.1) is 18.8 Å². The maximum atomic E-state index is 13.0. The van der Waals surface area contributed by atoms with E-state index in [4.69, 9.17) is 15.9 Å². The monoisotopic (exact) mass is 199 g/mol. The molecule has 0 amide bonds. The zero-order valence-corrected chi connectivity index (χ0v) is 8.00. The number of benzene rings is 1. The fourth-order valence-corrected chi connectivity index (χ4v) is 1.14. The van der Waals surface area contributed by atoms with Gasteiger partial charge in [-0.2, -0.15) is 0 Å². The summed E-state index contributed by atoms with van der Waals surface area (Å²) in [5.74, 6) is -0.468. The van der Waals surface area contributed by atoms with Crippen molar-refractivity contribution >= 4 is 0 Å². The summed E-state index contributed by atoms with van der Waals surface area (Å²) in [6, 6.07) is 4.21. The van der Waals surface area contributed by atoms with Crippen LogP contribution >= 0.6 is 0 Å². The van der Waals surface area contributed by atoms with Crippen LogP contribution in [-0.4, -0.2) is 16.8 Å². The molecule has 0 aliphatic rings. The molecule has 4 heteroatoms. The van der Waals surface area contributed by atoms with E-state index in [2.05, 4.69) is 0 Å². The van der Waals surface area contributed by atoms with Crippen molar-refractivity contribution in [1.29, 1.82) is 0 Å². The number of hydrogen-bond donors (Lipinski definition) is 3. The summed E-state index contributed by atoms with van der Waals surface area (Å²) in [5, 5.41) is 17.8. The average Bonchev–Trinajstić information content (AvgIpc) is 2.18. The minimum atomic E-state index is -0.905. The number of aliphatic hydroxyl groups is 2. The second kappa shape index (κ2) is 4.04. The lowest BCUT2D eigenvalue weighted by Crippen LogP contribution is -2.37. The summed E-state index contributed by atoms with van der Waals surface area (Å²) < 4.78 is 13.0. The van der Waals surface area contributed by atoms with Crippen LogP contribution in [0, 0.1) is 5.82 Å². The van der Waals surface area contributed by atoms with E-state index in [1.54, 1.807) is 6.92 Å². The van der Waals surface area contributed by atoms with E-state index in [0.29, 0.717) is 5.56 Å². The van der Waals surface area contributed by atoms with Crippen LogP contribution < -0.4 is 5.73 Å². The van der Waals surface area contributed by atoms with Crippen LogP contribution in [0.5, 0.6) is 0 Å². The van der Waals surface area contributed by atoms with Gasteiger partial charge in [0.1, 0.15) is 5.82 Å². The number of aliphatic hydroxyl groups excluding tert-OH is 2. The Morgan fingerprint density at radius 2 is 2.07 bits per heavy atom. The van der Waals surface area contributed by atoms with Crippen LogP contribution in [0.3, 0.4) is 0 Å². The zero-order chi connectivity index (χ0) is 10.8. The molecule has 1 aromatic carbocycles. The van der Waals surface area contributed by atoms with Crippen LogP contribution in [-0.2, 0) is 12.1 Å². The van der Waals surface area contributed by atoms with Gasteiger partial charge in [0.15, 0.2) is 0 Å². The number of halogens is 1. The smallest absolute Gasteiger partial charge is 0.128 e. The van der Waals surface area contributed by atoms with E-state index in [-0.39, 0.29) is 18.8 Å². The highest BCUT2D eigenvalue weighted by atomic mass is 19.1. The molecule has 78 valence electrons. The molecule has 0 bridgehead atoms. The highest BCUT2D eigenvalue weighted by Crippen LogP contribution is 2.20. The summed E-state index contributed by atoms with van der Waals surface area (Å²) in [6.07, 6.45) is 0. The van der Waals surface area contributed by atoms with Crippen LogP contribution in [0.2, 0.25) is 0 Å². The molecule has 0 aromatic heterocycles. The van der Waals surface area contributed by atoms with Gasteiger partial charge < -0.3 is 15.9 Å². The van der Waals surface area contributed by atoms with E-state index in [1.165, 1.54) is 18.2 Å². The summed E-state index contributed by atoms with van der Waals surface area (Å²) in [4.78, 5) is 0. The first-order valence-corrected chi connectivity index (χ1v) is 4.31. The predicted octanol–water partition coefficient (Wildman–Crippen LogP) is 0.484. The highest BCUT2D eigenvalue weighted by Gasteiger charge is 2.20. The third-order valence-corrected chi connectivity index (χ3v) is 2.20. The van der Waals surface area contributed by atoms with Crippen molar-refractivity contribution in [2.75, 3.05) is 6.61 Å². The third-order valence-electron chi connectivity index (χ3n) is 2.20. The van der Waals surface area contributed by atoms with Crippen molar-refractivity contribution in [2.24, 2.45) is 5.73 Å². The van der Waals surface area contributed by atoms with Crippen molar-refractivity contribution in [3.8, 4) is 0 Å². The van der Waals surface area contributed by atoms with Crippen LogP contribution in [0.25, 0.3) is 0 Å². The lowest BCUT2D eigenvalue weighted by Gasteiger charge is -2.22. The van der Waals surface area contributed by atoms with Gasteiger partial charge in [0.2, 0.25) is 0 Å². The first-order valence-electron chi connectivity index (χ1n) is 4.31. The SMILES string of the molecule is C[C@](N)(CO)c1ccc(F)c(CO)c1. The maximum Gasteiger partial charge on any atom is 0.128 e. The Labute approximate surface area is 82.0 Å². The molecule has 0 heterocycles. The van der Waals surface area contributed by atoms with Crippen molar-refractivity contribution < 1.29 is 14.6 Å². The molecule has 1 atom stereocenters. The standard InChI is InChI=1S/C10H14FNO2/c1-10(12,6-14)8-2-3-9(11)7(4-8)5-13/h2-4,13-14H,5-6,12H2,1H3/t10-/m0/s1.